The Bertz CT molecular complexity index is 464. The van der Waals surface area contributed by atoms with Crippen molar-refractivity contribution < 1.29 is 18.3 Å². The first-order chi connectivity index (χ1) is 9.75. The van der Waals surface area contributed by atoms with E-state index in [-0.39, 0.29) is 0 Å². The number of piperazine rings is 1. The number of nitrogens with zero attached hydrogens (tertiary/aromatic N) is 1. The number of alkyl halides is 2. The van der Waals surface area contributed by atoms with Gasteiger partial charge in [-0.15, -0.1) is 0 Å². The van der Waals surface area contributed by atoms with Crippen molar-refractivity contribution in [1.29, 1.82) is 0 Å². The second-order valence-electron chi connectivity index (χ2n) is 4.97. The minimum Gasteiger partial charge on any atom is -0.486 e. The van der Waals surface area contributed by atoms with E-state index in [0.717, 1.165) is 13.1 Å². The maximum absolute atomic E-state index is 13.5. The van der Waals surface area contributed by atoms with E-state index in [1.165, 1.54) is 0 Å². The van der Waals surface area contributed by atoms with E-state index >= 15 is 0 Å². The summed E-state index contributed by atoms with van der Waals surface area (Å²) in [5.74, 6) is 1.20. The molecule has 0 aromatic heterocycles. The van der Waals surface area contributed by atoms with E-state index in [2.05, 4.69) is 5.32 Å². The van der Waals surface area contributed by atoms with E-state index in [1.54, 1.807) is 18.2 Å². The van der Waals surface area contributed by atoms with Gasteiger partial charge >= 0.3 is 0 Å². The topological polar surface area (TPSA) is 33.7 Å². The van der Waals surface area contributed by atoms with Gasteiger partial charge in [-0.05, 0) is 17.7 Å². The zero-order chi connectivity index (χ0) is 13.9. The van der Waals surface area contributed by atoms with Crippen LogP contribution in [-0.4, -0.2) is 50.7 Å². The Morgan fingerprint density at radius 2 is 1.75 bits per heavy atom. The van der Waals surface area contributed by atoms with Crippen molar-refractivity contribution >= 4 is 0 Å². The fourth-order valence-electron chi connectivity index (χ4n) is 2.72. The maximum Gasteiger partial charge on any atom is 0.258 e. The molecule has 110 valence electrons. The van der Waals surface area contributed by atoms with Crippen LogP contribution in [0.2, 0.25) is 0 Å². The highest BCUT2D eigenvalue weighted by molar-refractivity contribution is 5.44. The summed E-state index contributed by atoms with van der Waals surface area (Å²) in [7, 11) is 0. The van der Waals surface area contributed by atoms with Crippen molar-refractivity contribution in [3.63, 3.8) is 0 Å². The summed E-state index contributed by atoms with van der Waals surface area (Å²) in [5.41, 5.74) is 0.589. The standard InChI is InChI=1S/C14H18F2N2O2/c15-14(16)13(18-5-3-17-4-6-18)10-1-2-11-12(9-10)20-8-7-19-11/h1-2,9,13-14,17H,3-8H2/t13-/m0/s1. The molecule has 0 bridgehead atoms. The van der Waals surface area contributed by atoms with Gasteiger partial charge in [0, 0.05) is 26.2 Å². The molecule has 1 aromatic carbocycles. The van der Waals surface area contributed by atoms with E-state index in [1.807, 2.05) is 4.90 Å². The highest BCUT2D eigenvalue weighted by Crippen LogP contribution is 2.36. The van der Waals surface area contributed by atoms with Crippen LogP contribution in [0.25, 0.3) is 0 Å². The molecule has 6 heteroatoms. The van der Waals surface area contributed by atoms with E-state index < -0.39 is 12.5 Å². The minimum absolute atomic E-state index is 0.462. The van der Waals surface area contributed by atoms with E-state index in [0.29, 0.717) is 43.4 Å². The first-order valence-electron chi connectivity index (χ1n) is 6.88. The molecule has 1 N–H and O–H groups in total. The van der Waals surface area contributed by atoms with Crippen LogP contribution in [0, 0.1) is 0 Å². The van der Waals surface area contributed by atoms with Gasteiger partial charge in [0.25, 0.3) is 6.43 Å². The molecule has 0 amide bonds. The van der Waals surface area contributed by atoms with Gasteiger partial charge in [0.1, 0.15) is 13.2 Å². The molecule has 20 heavy (non-hydrogen) atoms. The number of hydrogen-bond acceptors (Lipinski definition) is 4. The molecule has 4 nitrogen and oxygen atoms in total. The molecule has 2 aliphatic rings. The number of ether oxygens (including phenoxy) is 2. The number of rotatable bonds is 3. The largest absolute Gasteiger partial charge is 0.486 e. The third kappa shape index (κ3) is 2.71. The lowest BCUT2D eigenvalue weighted by Crippen LogP contribution is -2.46. The Morgan fingerprint density at radius 1 is 1.05 bits per heavy atom. The molecule has 2 aliphatic heterocycles. The predicted octanol–water partition coefficient (Wildman–Crippen LogP) is 1.67. The number of fused-ring (bicyclic) bond motifs is 1. The Labute approximate surface area is 116 Å². The minimum atomic E-state index is -2.42. The van der Waals surface area contributed by atoms with Crippen LogP contribution in [0.15, 0.2) is 18.2 Å². The Kier molecular flexibility index (Phi) is 4.03. The molecule has 0 spiro atoms. The maximum atomic E-state index is 13.5. The quantitative estimate of drug-likeness (QED) is 0.915. The number of halogens is 2. The molecule has 3 rings (SSSR count). The first kappa shape index (κ1) is 13.6. The lowest BCUT2D eigenvalue weighted by molar-refractivity contribution is 0.0179. The number of nitrogens with one attached hydrogen (secondary N) is 1. The molecule has 0 aliphatic carbocycles. The smallest absolute Gasteiger partial charge is 0.258 e. The van der Waals surface area contributed by atoms with Gasteiger partial charge in [0.15, 0.2) is 11.5 Å². The van der Waals surface area contributed by atoms with Crippen molar-refractivity contribution in [2.24, 2.45) is 0 Å². The zero-order valence-corrected chi connectivity index (χ0v) is 11.1. The average Bonchev–Trinajstić information content (AvgIpc) is 2.48. The Balaban J connectivity index is 1.86. The number of benzene rings is 1. The van der Waals surface area contributed by atoms with Crippen LogP contribution >= 0.6 is 0 Å². The second kappa shape index (κ2) is 5.93. The van der Waals surface area contributed by atoms with Crippen molar-refractivity contribution in [1.82, 2.24) is 10.2 Å². The molecule has 1 aromatic rings. The molecule has 0 unspecified atom stereocenters. The molecule has 0 saturated carbocycles. The molecular weight excluding hydrogens is 266 g/mol. The van der Waals surface area contributed by atoms with Gasteiger partial charge in [-0.25, -0.2) is 8.78 Å². The third-order valence-electron chi connectivity index (χ3n) is 3.69. The summed E-state index contributed by atoms with van der Waals surface area (Å²) in [6.07, 6.45) is -2.42. The Hall–Kier alpha value is -1.40. The van der Waals surface area contributed by atoms with Crippen molar-refractivity contribution in [3.8, 4) is 11.5 Å². The lowest BCUT2D eigenvalue weighted by Gasteiger charge is -2.35. The predicted molar refractivity (Wildman–Crippen MR) is 70.6 cm³/mol. The summed E-state index contributed by atoms with van der Waals surface area (Å²) in [5, 5.41) is 3.18. The van der Waals surface area contributed by atoms with Crippen molar-refractivity contribution in [2.45, 2.75) is 12.5 Å². The monoisotopic (exact) mass is 284 g/mol. The summed E-state index contributed by atoms with van der Waals surface area (Å²) in [6, 6.07) is 4.24. The van der Waals surface area contributed by atoms with Gasteiger partial charge in [0.05, 0.1) is 6.04 Å². The summed E-state index contributed by atoms with van der Waals surface area (Å²) < 4.78 is 37.8. The molecule has 1 fully saturated rings. The van der Waals surface area contributed by atoms with E-state index in [4.69, 9.17) is 9.47 Å². The zero-order valence-electron chi connectivity index (χ0n) is 11.1. The van der Waals surface area contributed by atoms with E-state index in [9.17, 15) is 8.78 Å². The van der Waals surface area contributed by atoms with Crippen LogP contribution < -0.4 is 14.8 Å². The van der Waals surface area contributed by atoms with Crippen LogP contribution in [0.1, 0.15) is 11.6 Å². The Morgan fingerprint density at radius 3 is 2.45 bits per heavy atom. The SMILES string of the molecule is FC(F)[C@H](c1ccc2c(c1)OCCO2)N1CCNCC1. The molecule has 0 radical (unpaired) electrons. The molecule has 1 atom stereocenters. The summed E-state index contributed by atoms with van der Waals surface area (Å²) >= 11 is 0. The normalized spacial score (nSPS) is 20.9. The van der Waals surface area contributed by atoms with Crippen LogP contribution in [-0.2, 0) is 0 Å². The van der Waals surface area contributed by atoms with Crippen molar-refractivity contribution in [2.75, 3.05) is 39.4 Å². The average molecular weight is 284 g/mol. The number of hydrogen-bond donors (Lipinski definition) is 1. The van der Waals surface area contributed by atoms with Gasteiger partial charge in [0.2, 0.25) is 0 Å². The summed E-state index contributed by atoms with van der Waals surface area (Å²) in [4.78, 5) is 1.83. The highest BCUT2D eigenvalue weighted by atomic mass is 19.3. The highest BCUT2D eigenvalue weighted by Gasteiger charge is 2.31. The van der Waals surface area contributed by atoms with Crippen LogP contribution in [0.4, 0.5) is 8.78 Å². The van der Waals surface area contributed by atoms with Gasteiger partial charge < -0.3 is 14.8 Å². The van der Waals surface area contributed by atoms with Gasteiger partial charge in [-0.1, -0.05) is 6.07 Å². The van der Waals surface area contributed by atoms with Crippen molar-refractivity contribution in [3.05, 3.63) is 23.8 Å². The second-order valence-corrected chi connectivity index (χ2v) is 4.97. The van der Waals surface area contributed by atoms with Gasteiger partial charge in [-0.2, -0.15) is 0 Å². The fourth-order valence-corrected chi connectivity index (χ4v) is 2.72. The molecular formula is C14H18F2N2O2. The van der Waals surface area contributed by atoms with Crippen LogP contribution in [0.3, 0.4) is 0 Å². The molecule has 1 saturated heterocycles. The van der Waals surface area contributed by atoms with Gasteiger partial charge in [-0.3, -0.25) is 4.90 Å². The lowest BCUT2D eigenvalue weighted by atomic mass is 10.0. The third-order valence-corrected chi connectivity index (χ3v) is 3.69. The molecule has 2 heterocycles. The fraction of sp³-hybridized carbons (Fsp3) is 0.571. The first-order valence-corrected chi connectivity index (χ1v) is 6.88. The van der Waals surface area contributed by atoms with Crippen LogP contribution in [0.5, 0.6) is 11.5 Å². The summed E-state index contributed by atoms with van der Waals surface area (Å²) in [6.45, 7) is 3.71.